The molecule has 0 aliphatic carbocycles. The van der Waals surface area contributed by atoms with Crippen LogP contribution in [0.4, 0.5) is 0 Å². The first-order valence-electron chi connectivity index (χ1n) is 9.27. The zero-order chi connectivity index (χ0) is 23.3. The maximum atomic E-state index is 13.2. The second kappa shape index (κ2) is 7.57. The highest BCUT2D eigenvalue weighted by molar-refractivity contribution is 8.03. The lowest BCUT2D eigenvalue weighted by molar-refractivity contribution is 0.0697. The van der Waals surface area contributed by atoms with Crippen molar-refractivity contribution >= 4 is 47.7 Å². The molecule has 0 saturated carbocycles. The number of aromatic carboxylic acids is 1. The van der Waals surface area contributed by atoms with Crippen molar-refractivity contribution in [2.75, 3.05) is 6.26 Å². The van der Waals surface area contributed by atoms with Crippen molar-refractivity contribution in [3.63, 3.8) is 0 Å². The first-order chi connectivity index (χ1) is 15.0. The normalized spacial score (nSPS) is 13.7. The number of fused-ring (bicyclic) bond motifs is 2. The fourth-order valence-electron chi connectivity index (χ4n) is 3.19. The summed E-state index contributed by atoms with van der Waals surface area (Å²) in [5.74, 6) is -1.20. The van der Waals surface area contributed by atoms with Gasteiger partial charge in [-0.1, -0.05) is 17.7 Å². The quantitative estimate of drug-likeness (QED) is 0.448. The Morgan fingerprint density at radius 1 is 0.875 bits per heavy atom. The number of benzene rings is 3. The van der Waals surface area contributed by atoms with E-state index in [9.17, 15) is 27.3 Å². The number of carbonyl (C=O) groups is 1. The van der Waals surface area contributed by atoms with Gasteiger partial charge in [-0.2, -0.15) is 8.42 Å². The molecule has 4 aromatic rings. The van der Waals surface area contributed by atoms with Crippen LogP contribution < -0.4 is 5.43 Å². The average Bonchev–Trinajstić information content (AvgIpc) is 2.73. The van der Waals surface area contributed by atoms with Crippen LogP contribution in [0, 0.1) is 6.92 Å². The molecular weight excluding hydrogens is 454 g/mol. The van der Waals surface area contributed by atoms with E-state index >= 15 is 0 Å². The number of hydrogen-bond donors (Lipinski definition) is 1. The molecule has 0 saturated heterocycles. The summed E-state index contributed by atoms with van der Waals surface area (Å²) in [5.41, 5.74) is 0.636. The van der Waals surface area contributed by atoms with Gasteiger partial charge in [0.05, 0.1) is 31.0 Å². The molecule has 0 aliphatic rings. The van der Waals surface area contributed by atoms with E-state index < -0.39 is 31.2 Å². The van der Waals surface area contributed by atoms with E-state index in [2.05, 4.69) is 3.77 Å². The molecule has 1 aromatic heterocycles. The number of carboxylic acid groups (broad SMARTS) is 1. The third-order valence-electron chi connectivity index (χ3n) is 4.88. The van der Waals surface area contributed by atoms with Crippen molar-refractivity contribution in [2.45, 2.75) is 16.7 Å². The Bertz CT molecular complexity index is 1690. The molecule has 1 N–H and O–H groups in total. The molecule has 0 radical (unpaired) electrons. The lowest BCUT2D eigenvalue weighted by Crippen LogP contribution is -2.08. The summed E-state index contributed by atoms with van der Waals surface area (Å²) in [7, 11) is -7.66. The molecule has 0 amide bonds. The molecule has 0 bridgehead atoms. The third kappa shape index (κ3) is 3.90. The minimum atomic E-state index is -4.21. The van der Waals surface area contributed by atoms with Crippen molar-refractivity contribution < 1.29 is 26.9 Å². The standard InChI is InChI=1S/C22H17NO7S2/c1-13-3-6-15(7-4-13)32(28,29)23-31(2,27)16-8-10-20-18(12-16)21(24)17-11-14(22(25)26)5-9-19(17)30-20/h3-12H,1-2H3,(H,25,26). The van der Waals surface area contributed by atoms with Gasteiger partial charge in [-0.15, -0.1) is 3.77 Å². The summed E-state index contributed by atoms with van der Waals surface area (Å²) >= 11 is 0. The highest BCUT2D eigenvalue weighted by Crippen LogP contribution is 2.25. The Balaban J connectivity index is 1.91. The Morgan fingerprint density at radius 3 is 2.06 bits per heavy atom. The number of sulfonamides is 1. The van der Waals surface area contributed by atoms with E-state index in [1.165, 1.54) is 54.8 Å². The zero-order valence-electron chi connectivity index (χ0n) is 16.9. The SMILES string of the molecule is Cc1ccc(S(=O)(=O)N=S(C)(=O)c2ccc3oc4ccc(C(=O)O)cc4c(=O)c3c2)cc1. The fraction of sp³-hybridized carbons (Fsp3) is 0.0909. The second-order valence-electron chi connectivity index (χ2n) is 7.27. The molecule has 0 fully saturated rings. The van der Waals surface area contributed by atoms with Gasteiger partial charge in [-0.3, -0.25) is 4.79 Å². The van der Waals surface area contributed by atoms with Gasteiger partial charge in [0.1, 0.15) is 11.2 Å². The molecule has 32 heavy (non-hydrogen) atoms. The van der Waals surface area contributed by atoms with Gasteiger partial charge in [-0.25, -0.2) is 9.00 Å². The molecule has 164 valence electrons. The van der Waals surface area contributed by atoms with Gasteiger partial charge in [0.15, 0.2) is 0 Å². The van der Waals surface area contributed by atoms with E-state index in [0.717, 1.165) is 5.56 Å². The van der Waals surface area contributed by atoms with Crippen LogP contribution in [-0.2, 0) is 19.8 Å². The molecule has 0 aliphatic heterocycles. The monoisotopic (exact) mass is 471 g/mol. The van der Waals surface area contributed by atoms with Crippen LogP contribution in [0.2, 0.25) is 0 Å². The van der Waals surface area contributed by atoms with Gasteiger partial charge >= 0.3 is 5.97 Å². The molecule has 1 atom stereocenters. The summed E-state index contributed by atoms with van der Waals surface area (Å²) in [6.07, 6.45) is 1.17. The van der Waals surface area contributed by atoms with Crippen LogP contribution in [0.1, 0.15) is 15.9 Å². The number of rotatable bonds is 4. The Morgan fingerprint density at radius 2 is 1.44 bits per heavy atom. The predicted octanol–water partition coefficient (Wildman–Crippen LogP) is 3.80. The van der Waals surface area contributed by atoms with Crippen LogP contribution in [-0.4, -0.2) is 30.0 Å². The van der Waals surface area contributed by atoms with Crippen LogP contribution in [0.5, 0.6) is 0 Å². The van der Waals surface area contributed by atoms with Gasteiger partial charge in [0.25, 0.3) is 10.0 Å². The van der Waals surface area contributed by atoms with Gasteiger partial charge < -0.3 is 9.52 Å². The minimum absolute atomic E-state index is 0.0294. The summed E-state index contributed by atoms with van der Waals surface area (Å²) < 4.78 is 47.9. The maximum Gasteiger partial charge on any atom is 0.335 e. The summed E-state index contributed by atoms with van der Waals surface area (Å²) in [4.78, 5) is 24.2. The largest absolute Gasteiger partial charge is 0.478 e. The Labute approximate surface area is 183 Å². The highest BCUT2D eigenvalue weighted by Gasteiger charge is 2.19. The van der Waals surface area contributed by atoms with Gasteiger partial charge in [-0.05, 0) is 55.5 Å². The molecule has 3 aromatic carbocycles. The van der Waals surface area contributed by atoms with Crippen LogP contribution in [0.15, 0.2) is 83.4 Å². The van der Waals surface area contributed by atoms with Crippen molar-refractivity contribution in [2.24, 2.45) is 3.77 Å². The molecule has 1 unspecified atom stereocenters. The topological polar surface area (TPSA) is 131 Å². The summed E-state index contributed by atoms with van der Waals surface area (Å²) in [5, 5.41) is 9.26. The van der Waals surface area contributed by atoms with Gasteiger partial charge in [0.2, 0.25) is 5.43 Å². The van der Waals surface area contributed by atoms with Gasteiger partial charge in [0, 0.05) is 11.2 Å². The van der Waals surface area contributed by atoms with Crippen molar-refractivity contribution in [3.8, 4) is 0 Å². The van der Waals surface area contributed by atoms with E-state index in [4.69, 9.17) is 4.42 Å². The highest BCUT2D eigenvalue weighted by atomic mass is 32.3. The first-order valence-corrected chi connectivity index (χ1v) is 12.6. The molecule has 0 spiro atoms. The number of aryl methyl sites for hydroxylation is 1. The Kier molecular flexibility index (Phi) is 5.14. The Hall–Kier alpha value is -3.50. The zero-order valence-corrected chi connectivity index (χ0v) is 18.6. The molecule has 10 heteroatoms. The third-order valence-corrected chi connectivity index (χ3v) is 8.80. The average molecular weight is 472 g/mol. The predicted molar refractivity (Wildman–Crippen MR) is 120 cm³/mol. The molecular formula is C22H17NO7S2. The van der Waals surface area contributed by atoms with E-state index in [1.54, 1.807) is 19.1 Å². The van der Waals surface area contributed by atoms with Crippen molar-refractivity contribution in [1.29, 1.82) is 0 Å². The second-order valence-corrected chi connectivity index (χ2v) is 11.4. The van der Waals surface area contributed by atoms with Crippen LogP contribution >= 0.6 is 0 Å². The van der Waals surface area contributed by atoms with E-state index in [1.807, 2.05) is 0 Å². The minimum Gasteiger partial charge on any atom is -0.478 e. The number of carboxylic acids is 1. The smallest absolute Gasteiger partial charge is 0.335 e. The molecule has 1 heterocycles. The fourth-order valence-corrected chi connectivity index (χ4v) is 6.51. The van der Waals surface area contributed by atoms with Crippen LogP contribution in [0.3, 0.4) is 0 Å². The van der Waals surface area contributed by atoms with Crippen molar-refractivity contribution in [3.05, 3.63) is 82.0 Å². The van der Waals surface area contributed by atoms with E-state index in [0.29, 0.717) is 0 Å². The summed E-state index contributed by atoms with van der Waals surface area (Å²) in [6.45, 7) is 1.81. The maximum absolute atomic E-state index is 13.2. The number of nitrogens with zero attached hydrogens (tertiary/aromatic N) is 1. The molecule has 4 rings (SSSR count). The first kappa shape index (κ1) is 21.7. The lowest BCUT2D eigenvalue weighted by atomic mass is 10.1. The van der Waals surface area contributed by atoms with Crippen molar-refractivity contribution in [1.82, 2.24) is 0 Å². The van der Waals surface area contributed by atoms with E-state index in [-0.39, 0.29) is 37.3 Å². The van der Waals surface area contributed by atoms with Crippen LogP contribution in [0.25, 0.3) is 21.9 Å². The number of hydrogen-bond acceptors (Lipinski definition) is 6. The molecule has 8 nitrogen and oxygen atoms in total. The summed E-state index contributed by atoms with van der Waals surface area (Å²) in [6, 6.07) is 14.0. The lowest BCUT2D eigenvalue weighted by Gasteiger charge is -2.08.